The van der Waals surface area contributed by atoms with Crippen molar-refractivity contribution in [1.29, 1.82) is 0 Å². The summed E-state index contributed by atoms with van der Waals surface area (Å²) in [6, 6.07) is 8.83. The Kier molecular flexibility index (Phi) is 2.27. The van der Waals surface area contributed by atoms with Gasteiger partial charge in [-0.1, -0.05) is 31.2 Å². The van der Waals surface area contributed by atoms with E-state index in [9.17, 15) is 0 Å². The quantitative estimate of drug-likeness (QED) is 0.728. The van der Waals surface area contributed by atoms with Gasteiger partial charge in [0.15, 0.2) is 0 Å². The lowest BCUT2D eigenvalue weighted by Gasteiger charge is -2.09. The third kappa shape index (κ3) is 1.46. The summed E-state index contributed by atoms with van der Waals surface area (Å²) in [7, 11) is 0. The van der Waals surface area contributed by atoms with Gasteiger partial charge in [-0.3, -0.25) is 0 Å². The molecule has 0 radical (unpaired) electrons. The van der Waals surface area contributed by atoms with Crippen molar-refractivity contribution in [2.75, 3.05) is 0 Å². The molecule has 0 spiro atoms. The fourth-order valence-corrected chi connectivity index (χ4v) is 2.73. The van der Waals surface area contributed by atoms with E-state index in [0.717, 1.165) is 12.3 Å². The highest BCUT2D eigenvalue weighted by Crippen LogP contribution is 2.34. The molecule has 0 saturated heterocycles. The van der Waals surface area contributed by atoms with Gasteiger partial charge in [0, 0.05) is 28.7 Å². The predicted octanol–water partition coefficient (Wildman–Crippen LogP) is 3.92. The zero-order chi connectivity index (χ0) is 11.1. The van der Waals surface area contributed by atoms with Gasteiger partial charge in [-0.15, -0.1) is 0 Å². The molecule has 1 heteroatoms. The van der Waals surface area contributed by atoms with E-state index >= 15 is 0 Å². The van der Waals surface area contributed by atoms with Crippen molar-refractivity contribution in [1.82, 2.24) is 4.57 Å². The molecule has 1 saturated carbocycles. The van der Waals surface area contributed by atoms with E-state index < -0.39 is 0 Å². The number of hydrogen-bond donors (Lipinski definition) is 0. The zero-order valence-corrected chi connectivity index (χ0v) is 10.2. The van der Waals surface area contributed by atoms with Crippen LogP contribution in [0.15, 0.2) is 24.3 Å². The van der Waals surface area contributed by atoms with Crippen LogP contribution in [0.5, 0.6) is 0 Å². The van der Waals surface area contributed by atoms with Crippen LogP contribution in [0.1, 0.15) is 31.2 Å². The van der Waals surface area contributed by atoms with Crippen LogP contribution in [0, 0.1) is 12.8 Å². The van der Waals surface area contributed by atoms with Crippen molar-refractivity contribution >= 4 is 10.8 Å². The van der Waals surface area contributed by atoms with Gasteiger partial charge in [-0.05, 0) is 32.1 Å². The first-order valence-electron chi connectivity index (χ1n) is 6.38. The molecule has 1 aromatic carbocycles. The highest BCUT2D eigenvalue weighted by molar-refractivity contribution is 5.88. The summed E-state index contributed by atoms with van der Waals surface area (Å²) in [4.78, 5) is 0. The molecule has 3 rings (SSSR count). The molecule has 0 N–H and O–H groups in total. The third-order valence-corrected chi connectivity index (χ3v) is 3.83. The van der Waals surface area contributed by atoms with Crippen LogP contribution >= 0.6 is 0 Å². The van der Waals surface area contributed by atoms with E-state index in [1.807, 2.05) is 0 Å². The van der Waals surface area contributed by atoms with E-state index in [1.165, 1.54) is 41.5 Å². The Labute approximate surface area is 97.1 Å². The summed E-state index contributed by atoms with van der Waals surface area (Å²) in [5.74, 6) is 0.950. The van der Waals surface area contributed by atoms with Gasteiger partial charge in [-0.25, -0.2) is 0 Å². The number of hydrogen-bond acceptors (Lipinski definition) is 0. The van der Waals surface area contributed by atoms with Crippen molar-refractivity contribution in [2.45, 2.75) is 39.7 Å². The fraction of sp³-hybridized carbons (Fsp3) is 0.467. The van der Waals surface area contributed by atoms with Crippen LogP contribution < -0.4 is 0 Å². The largest absolute Gasteiger partial charge is 0.347 e. The minimum atomic E-state index is 0.950. The molecule has 1 aliphatic carbocycles. The smallest absolute Gasteiger partial charge is 0.0253 e. The number of aromatic nitrogens is 1. The molecule has 0 amide bonds. The summed E-state index contributed by atoms with van der Waals surface area (Å²) in [5.41, 5.74) is 2.99. The highest BCUT2D eigenvalue weighted by atomic mass is 15.0. The minimum absolute atomic E-state index is 0.950. The molecule has 0 atom stereocenters. The Morgan fingerprint density at radius 2 is 1.88 bits per heavy atom. The Hall–Kier alpha value is -1.24. The van der Waals surface area contributed by atoms with Gasteiger partial charge in [0.25, 0.3) is 0 Å². The molecule has 1 nitrogen and oxygen atoms in total. The number of fused-ring (bicyclic) bond motifs is 1. The molecule has 84 valence electrons. The summed E-state index contributed by atoms with van der Waals surface area (Å²) in [6.07, 6.45) is 4.00. The summed E-state index contributed by atoms with van der Waals surface area (Å²) >= 11 is 0. The van der Waals surface area contributed by atoms with E-state index in [2.05, 4.69) is 42.7 Å². The lowest BCUT2D eigenvalue weighted by Crippen LogP contribution is -2.05. The topological polar surface area (TPSA) is 4.93 Å². The van der Waals surface area contributed by atoms with E-state index in [1.54, 1.807) is 0 Å². The first kappa shape index (κ1) is 9.95. The normalized spacial score (nSPS) is 15.9. The molecule has 1 aromatic heterocycles. The van der Waals surface area contributed by atoms with Gasteiger partial charge in [0.05, 0.1) is 0 Å². The van der Waals surface area contributed by atoms with Crippen LogP contribution in [-0.2, 0) is 13.0 Å². The van der Waals surface area contributed by atoms with Crippen molar-refractivity contribution in [3.8, 4) is 0 Å². The Balaban J connectivity index is 2.19. The van der Waals surface area contributed by atoms with Crippen LogP contribution in [0.3, 0.4) is 0 Å². The van der Waals surface area contributed by atoms with Crippen molar-refractivity contribution in [3.63, 3.8) is 0 Å². The lowest BCUT2D eigenvalue weighted by atomic mass is 10.1. The highest BCUT2D eigenvalue weighted by Gasteiger charge is 2.24. The van der Waals surface area contributed by atoms with Crippen LogP contribution in [-0.4, -0.2) is 4.57 Å². The summed E-state index contributed by atoms with van der Waals surface area (Å²) in [5, 5.41) is 2.91. The number of nitrogens with zero attached hydrogens (tertiary/aromatic N) is 1. The SMILES string of the molecule is CCc1c2ccccc2c(C)n1CC1CC1. The minimum Gasteiger partial charge on any atom is -0.347 e. The average molecular weight is 213 g/mol. The second kappa shape index (κ2) is 3.65. The second-order valence-electron chi connectivity index (χ2n) is 4.99. The Bertz CT molecular complexity index is 517. The molecular formula is C15H19N. The summed E-state index contributed by atoms with van der Waals surface area (Å²) in [6.45, 7) is 5.78. The molecule has 0 bridgehead atoms. The standard InChI is InChI=1S/C15H19N/c1-3-15-14-7-5-4-6-13(14)11(2)16(15)10-12-8-9-12/h4-7,12H,3,8-10H2,1-2H3. The maximum absolute atomic E-state index is 2.56. The second-order valence-corrected chi connectivity index (χ2v) is 4.99. The lowest BCUT2D eigenvalue weighted by molar-refractivity contribution is 0.596. The fourth-order valence-electron chi connectivity index (χ4n) is 2.73. The molecule has 16 heavy (non-hydrogen) atoms. The van der Waals surface area contributed by atoms with Crippen molar-refractivity contribution in [2.24, 2.45) is 5.92 Å². The van der Waals surface area contributed by atoms with E-state index in [4.69, 9.17) is 0 Å². The predicted molar refractivity (Wildman–Crippen MR) is 68.8 cm³/mol. The van der Waals surface area contributed by atoms with Gasteiger partial charge < -0.3 is 4.57 Å². The van der Waals surface area contributed by atoms with Crippen molar-refractivity contribution < 1.29 is 0 Å². The summed E-state index contributed by atoms with van der Waals surface area (Å²) < 4.78 is 2.56. The monoisotopic (exact) mass is 213 g/mol. The molecule has 0 aliphatic heterocycles. The average Bonchev–Trinajstić information content (AvgIpc) is 3.08. The molecule has 0 unspecified atom stereocenters. The molecule has 1 aliphatic rings. The third-order valence-electron chi connectivity index (χ3n) is 3.83. The first-order valence-corrected chi connectivity index (χ1v) is 6.38. The van der Waals surface area contributed by atoms with Gasteiger partial charge in [0.1, 0.15) is 0 Å². The number of aryl methyl sites for hydroxylation is 2. The Morgan fingerprint density at radius 3 is 2.50 bits per heavy atom. The van der Waals surface area contributed by atoms with E-state index in [-0.39, 0.29) is 0 Å². The van der Waals surface area contributed by atoms with E-state index in [0.29, 0.717) is 0 Å². The van der Waals surface area contributed by atoms with Gasteiger partial charge >= 0.3 is 0 Å². The number of benzene rings is 1. The van der Waals surface area contributed by atoms with Gasteiger partial charge in [-0.2, -0.15) is 0 Å². The first-order chi connectivity index (χ1) is 7.81. The zero-order valence-electron chi connectivity index (χ0n) is 10.2. The van der Waals surface area contributed by atoms with Crippen molar-refractivity contribution in [3.05, 3.63) is 35.7 Å². The van der Waals surface area contributed by atoms with Crippen LogP contribution in [0.2, 0.25) is 0 Å². The van der Waals surface area contributed by atoms with Gasteiger partial charge in [0.2, 0.25) is 0 Å². The van der Waals surface area contributed by atoms with Crippen LogP contribution in [0.4, 0.5) is 0 Å². The molecule has 1 heterocycles. The number of rotatable bonds is 3. The Morgan fingerprint density at radius 1 is 1.19 bits per heavy atom. The maximum atomic E-state index is 2.56. The maximum Gasteiger partial charge on any atom is 0.0253 e. The molecular weight excluding hydrogens is 194 g/mol. The van der Waals surface area contributed by atoms with Crippen LogP contribution in [0.25, 0.3) is 10.8 Å². The molecule has 2 aromatic rings. The molecule has 1 fully saturated rings.